The standard InChI is InChI=1S/C20H28N4O3/c1-20(2,3)14-6-8-15(9-7-14)27-13-18-22-17(23-24-18)11-19(25)21-12-16-5-4-10-26-16/h6-9,16H,4-5,10-13H2,1-3H3,(H,21,25)(H,22,23,24). The average Bonchev–Trinajstić information content (AvgIpc) is 3.30. The summed E-state index contributed by atoms with van der Waals surface area (Å²) in [6, 6.07) is 8.05. The Kier molecular flexibility index (Phi) is 6.11. The van der Waals surface area contributed by atoms with E-state index in [-0.39, 0.29) is 30.5 Å². The van der Waals surface area contributed by atoms with Crippen LogP contribution in [0.1, 0.15) is 50.8 Å². The summed E-state index contributed by atoms with van der Waals surface area (Å²) in [5.74, 6) is 1.73. The van der Waals surface area contributed by atoms with Gasteiger partial charge < -0.3 is 14.8 Å². The third kappa shape index (κ3) is 5.79. The van der Waals surface area contributed by atoms with Crippen LogP contribution in [0.2, 0.25) is 0 Å². The van der Waals surface area contributed by atoms with Gasteiger partial charge in [-0.25, -0.2) is 4.98 Å². The van der Waals surface area contributed by atoms with Gasteiger partial charge in [0.15, 0.2) is 11.6 Å². The molecule has 0 aliphatic carbocycles. The van der Waals surface area contributed by atoms with Gasteiger partial charge in [0.05, 0.1) is 12.5 Å². The van der Waals surface area contributed by atoms with Crippen molar-refractivity contribution in [2.75, 3.05) is 13.2 Å². The van der Waals surface area contributed by atoms with Gasteiger partial charge in [-0.05, 0) is 36.0 Å². The number of nitrogens with one attached hydrogen (secondary N) is 2. The molecular formula is C20H28N4O3. The summed E-state index contributed by atoms with van der Waals surface area (Å²) in [6.45, 7) is 8.13. The Balaban J connectivity index is 1.44. The molecule has 0 spiro atoms. The van der Waals surface area contributed by atoms with Gasteiger partial charge in [0.2, 0.25) is 5.91 Å². The number of ether oxygens (including phenoxy) is 2. The Hall–Kier alpha value is -2.41. The van der Waals surface area contributed by atoms with Crippen LogP contribution >= 0.6 is 0 Å². The number of H-pyrrole nitrogens is 1. The zero-order valence-corrected chi connectivity index (χ0v) is 16.2. The Morgan fingerprint density at radius 3 is 2.78 bits per heavy atom. The molecule has 1 aromatic carbocycles. The predicted molar refractivity (Wildman–Crippen MR) is 102 cm³/mol. The molecule has 7 heteroatoms. The highest BCUT2D eigenvalue weighted by atomic mass is 16.5. The number of hydrogen-bond donors (Lipinski definition) is 2. The molecule has 0 bridgehead atoms. The van der Waals surface area contributed by atoms with Crippen LogP contribution in [0.5, 0.6) is 5.75 Å². The smallest absolute Gasteiger partial charge is 0.227 e. The van der Waals surface area contributed by atoms with Crippen LogP contribution in [0.3, 0.4) is 0 Å². The van der Waals surface area contributed by atoms with Crippen molar-refractivity contribution in [3.8, 4) is 5.75 Å². The highest BCUT2D eigenvalue weighted by Gasteiger charge is 2.17. The summed E-state index contributed by atoms with van der Waals surface area (Å²) in [6.07, 6.45) is 2.33. The fourth-order valence-corrected chi connectivity index (χ4v) is 2.92. The third-order valence-corrected chi connectivity index (χ3v) is 4.54. The molecule has 2 N–H and O–H groups in total. The zero-order chi connectivity index (χ0) is 19.3. The number of aromatic nitrogens is 3. The first kappa shape index (κ1) is 19.4. The highest BCUT2D eigenvalue weighted by Crippen LogP contribution is 2.24. The highest BCUT2D eigenvalue weighted by molar-refractivity contribution is 5.77. The van der Waals surface area contributed by atoms with Crippen LogP contribution in [0.15, 0.2) is 24.3 Å². The maximum atomic E-state index is 12.0. The molecule has 3 rings (SSSR count). The van der Waals surface area contributed by atoms with Crippen molar-refractivity contribution >= 4 is 5.91 Å². The first-order valence-electron chi connectivity index (χ1n) is 9.42. The first-order valence-corrected chi connectivity index (χ1v) is 9.42. The van der Waals surface area contributed by atoms with E-state index in [2.05, 4.69) is 53.4 Å². The summed E-state index contributed by atoms with van der Waals surface area (Å²) < 4.78 is 11.2. The molecule has 0 saturated carbocycles. The fraction of sp³-hybridized carbons (Fsp3) is 0.550. The average molecular weight is 372 g/mol. The van der Waals surface area contributed by atoms with Gasteiger partial charge in [0.25, 0.3) is 0 Å². The van der Waals surface area contributed by atoms with Crippen LogP contribution in [-0.2, 0) is 28.0 Å². The van der Waals surface area contributed by atoms with Crippen molar-refractivity contribution in [1.82, 2.24) is 20.5 Å². The molecule has 2 heterocycles. The van der Waals surface area contributed by atoms with E-state index in [9.17, 15) is 4.79 Å². The molecule has 1 atom stereocenters. The second kappa shape index (κ2) is 8.52. The maximum absolute atomic E-state index is 12.0. The summed E-state index contributed by atoms with van der Waals surface area (Å²) >= 11 is 0. The topological polar surface area (TPSA) is 89.1 Å². The van der Waals surface area contributed by atoms with E-state index < -0.39 is 0 Å². The molecule has 146 valence electrons. The molecule has 1 aliphatic rings. The van der Waals surface area contributed by atoms with Gasteiger partial charge in [0.1, 0.15) is 12.4 Å². The number of hydrogen-bond acceptors (Lipinski definition) is 5. The van der Waals surface area contributed by atoms with Crippen molar-refractivity contribution in [2.45, 2.75) is 58.2 Å². The minimum atomic E-state index is -0.102. The monoisotopic (exact) mass is 372 g/mol. The fourth-order valence-electron chi connectivity index (χ4n) is 2.92. The minimum Gasteiger partial charge on any atom is -0.486 e. The number of nitrogens with zero attached hydrogens (tertiary/aromatic N) is 2. The molecule has 1 fully saturated rings. The summed E-state index contributed by atoms with van der Waals surface area (Å²) in [7, 11) is 0. The van der Waals surface area contributed by atoms with Crippen molar-refractivity contribution < 1.29 is 14.3 Å². The van der Waals surface area contributed by atoms with Gasteiger partial charge in [-0.2, -0.15) is 5.10 Å². The lowest BCUT2D eigenvalue weighted by Crippen LogP contribution is -2.33. The van der Waals surface area contributed by atoms with E-state index in [1.54, 1.807) is 0 Å². The molecule has 27 heavy (non-hydrogen) atoms. The Morgan fingerprint density at radius 2 is 2.11 bits per heavy atom. The van der Waals surface area contributed by atoms with Crippen molar-refractivity contribution in [2.24, 2.45) is 0 Å². The maximum Gasteiger partial charge on any atom is 0.227 e. The summed E-state index contributed by atoms with van der Waals surface area (Å²) in [5.41, 5.74) is 1.37. The molecule has 1 amide bonds. The second-order valence-electron chi connectivity index (χ2n) is 7.88. The minimum absolute atomic E-state index is 0.102. The van der Waals surface area contributed by atoms with Crippen molar-refractivity contribution in [1.29, 1.82) is 0 Å². The predicted octanol–water partition coefficient (Wildman–Crippen LogP) is 2.52. The van der Waals surface area contributed by atoms with E-state index in [0.717, 1.165) is 25.2 Å². The number of carbonyl (C=O) groups is 1. The van der Waals surface area contributed by atoms with Gasteiger partial charge in [-0.15, -0.1) is 0 Å². The van der Waals surface area contributed by atoms with Gasteiger partial charge in [0, 0.05) is 13.2 Å². The normalized spacial score (nSPS) is 17.1. The van der Waals surface area contributed by atoms with E-state index in [0.29, 0.717) is 18.2 Å². The SMILES string of the molecule is CC(C)(C)c1ccc(OCc2nc(CC(=O)NCC3CCCO3)n[nH]2)cc1. The number of amides is 1. The van der Waals surface area contributed by atoms with Crippen molar-refractivity contribution in [3.05, 3.63) is 41.5 Å². The van der Waals surface area contributed by atoms with E-state index in [1.165, 1.54) is 5.56 Å². The number of carbonyl (C=O) groups excluding carboxylic acids is 1. The molecule has 1 unspecified atom stereocenters. The quantitative estimate of drug-likeness (QED) is 0.780. The first-order chi connectivity index (χ1) is 12.9. The third-order valence-electron chi connectivity index (χ3n) is 4.54. The van der Waals surface area contributed by atoms with Crippen molar-refractivity contribution in [3.63, 3.8) is 0 Å². The van der Waals surface area contributed by atoms with Crippen LogP contribution in [-0.4, -0.2) is 40.3 Å². The van der Waals surface area contributed by atoms with Gasteiger partial charge in [-0.1, -0.05) is 32.9 Å². The van der Waals surface area contributed by atoms with Crippen LogP contribution in [0.4, 0.5) is 0 Å². The lowest BCUT2D eigenvalue weighted by Gasteiger charge is -2.19. The molecule has 1 aliphatic heterocycles. The molecule has 0 radical (unpaired) electrons. The number of aromatic amines is 1. The molecule has 2 aromatic rings. The summed E-state index contributed by atoms with van der Waals surface area (Å²) in [4.78, 5) is 16.3. The van der Waals surface area contributed by atoms with E-state index >= 15 is 0 Å². The Labute approximate surface area is 159 Å². The largest absolute Gasteiger partial charge is 0.486 e. The number of rotatable bonds is 7. The van der Waals surface area contributed by atoms with Crippen LogP contribution in [0, 0.1) is 0 Å². The van der Waals surface area contributed by atoms with E-state index in [4.69, 9.17) is 9.47 Å². The zero-order valence-electron chi connectivity index (χ0n) is 16.2. The Morgan fingerprint density at radius 1 is 1.33 bits per heavy atom. The van der Waals surface area contributed by atoms with Gasteiger partial charge in [-0.3, -0.25) is 9.89 Å². The summed E-state index contributed by atoms with van der Waals surface area (Å²) in [5, 5.41) is 9.78. The Bertz CT molecular complexity index is 743. The molecule has 1 aromatic heterocycles. The number of benzene rings is 1. The van der Waals surface area contributed by atoms with Crippen LogP contribution < -0.4 is 10.1 Å². The lowest BCUT2D eigenvalue weighted by molar-refractivity contribution is -0.121. The van der Waals surface area contributed by atoms with Gasteiger partial charge >= 0.3 is 0 Å². The molecule has 7 nitrogen and oxygen atoms in total. The van der Waals surface area contributed by atoms with E-state index in [1.807, 2.05) is 12.1 Å². The lowest BCUT2D eigenvalue weighted by atomic mass is 9.87. The molecule has 1 saturated heterocycles. The second-order valence-corrected chi connectivity index (χ2v) is 7.88. The molecular weight excluding hydrogens is 344 g/mol. The van der Waals surface area contributed by atoms with Crippen LogP contribution in [0.25, 0.3) is 0 Å².